The second kappa shape index (κ2) is 9.58. The number of aliphatic hydroxyl groups excluding tert-OH is 1. The highest BCUT2D eigenvalue weighted by molar-refractivity contribution is 6.05. The summed E-state index contributed by atoms with van der Waals surface area (Å²) in [5.41, 5.74) is -1.32. The summed E-state index contributed by atoms with van der Waals surface area (Å²) in [6.45, 7) is 7.63. The third-order valence-electron chi connectivity index (χ3n) is 8.42. The SMILES string of the molecule is C=CCN(C(=O)C1N(CCO)C(=O)[C@@H]2[C@@H](C(=O)OCC)[C@@]3(CC)CCC12O3)c1ccc2ccccc2c1. The number of hydrogen-bond acceptors (Lipinski definition) is 6. The first-order valence-electron chi connectivity index (χ1n) is 13.1. The van der Waals surface area contributed by atoms with E-state index in [0.717, 1.165) is 10.8 Å². The summed E-state index contributed by atoms with van der Waals surface area (Å²) < 4.78 is 12.1. The monoisotopic (exact) mass is 506 g/mol. The lowest BCUT2D eigenvalue weighted by atomic mass is 9.65. The Bertz CT molecular complexity index is 1250. The Morgan fingerprint density at radius 3 is 2.65 bits per heavy atom. The Kier molecular flexibility index (Phi) is 6.58. The molecule has 3 saturated heterocycles. The van der Waals surface area contributed by atoms with Gasteiger partial charge in [0.2, 0.25) is 5.91 Å². The second-order valence-electron chi connectivity index (χ2n) is 10.1. The van der Waals surface area contributed by atoms with Crippen LogP contribution in [0.2, 0.25) is 0 Å². The van der Waals surface area contributed by atoms with E-state index < -0.39 is 35.0 Å². The van der Waals surface area contributed by atoms with Crippen molar-refractivity contribution < 1.29 is 29.0 Å². The molecule has 8 heteroatoms. The van der Waals surface area contributed by atoms with Gasteiger partial charge in [-0.15, -0.1) is 6.58 Å². The average molecular weight is 507 g/mol. The number of esters is 1. The van der Waals surface area contributed by atoms with Crippen LogP contribution in [0.15, 0.2) is 55.1 Å². The van der Waals surface area contributed by atoms with Gasteiger partial charge in [-0.3, -0.25) is 14.4 Å². The average Bonchev–Trinajstić information content (AvgIpc) is 3.51. The van der Waals surface area contributed by atoms with Gasteiger partial charge in [-0.2, -0.15) is 0 Å². The van der Waals surface area contributed by atoms with Crippen molar-refractivity contribution in [1.29, 1.82) is 0 Å². The van der Waals surface area contributed by atoms with Crippen LogP contribution < -0.4 is 4.90 Å². The van der Waals surface area contributed by atoms with Crippen molar-refractivity contribution in [2.75, 3.05) is 31.2 Å². The van der Waals surface area contributed by atoms with E-state index in [1.165, 1.54) is 4.90 Å². The number of rotatable bonds is 9. The van der Waals surface area contributed by atoms with E-state index in [-0.39, 0.29) is 38.1 Å². The highest BCUT2D eigenvalue weighted by Gasteiger charge is 2.79. The molecular formula is C29H34N2O6. The molecule has 3 heterocycles. The standard InChI is InChI=1S/C29H34N2O6/c1-4-15-30(21-12-11-19-9-7-8-10-20(19)18-21)26(34)24-29-14-13-28(5-2,37-29)23(27(35)36-6-3)22(29)25(33)31(24)16-17-32/h4,7-12,18,22-24,32H,1,5-6,13-17H2,2-3H3/t22-,23-,24?,28+,29?/m0/s1. The zero-order valence-corrected chi connectivity index (χ0v) is 21.4. The maximum atomic E-state index is 14.4. The zero-order chi connectivity index (χ0) is 26.4. The maximum Gasteiger partial charge on any atom is 0.312 e. The summed E-state index contributed by atoms with van der Waals surface area (Å²) in [5.74, 6) is -2.72. The molecule has 3 aliphatic heterocycles. The number of ether oxygens (including phenoxy) is 2. The lowest BCUT2D eigenvalue weighted by Gasteiger charge is -2.36. The van der Waals surface area contributed by atoms with Gasteiger partial charge in [-0.1, -0.05) is 43.3 Å². The fourth-order valence-corrected chi connectivity index (χ4v) is 6.88. The number of hydrogen-bond donors (Lipinski definition) is 1. The van der Waals surface area contributed by atoms with Crippen LogP contribution in [0.3, 0.4) is 0 Å². The molecule has 5 rings (SSSR count). The topological polar surface area (TPSA) is 96.4 Å². The Morgan fingerprint density at radius 1 is 1.22 bits per heavy atom. The summed E-state index contributed by atoms with van der Waals surface area (Å²) in [6, 6.07) is 12.7. The van der Waals surface area contributed by atoms with Crippen molar-refractivity contribution in [1.82, 2.24) is 4.90 Å². The summed E-state index contributed by atoms with van der Waals surface area (Å²) in [6.07, 6.45) is 3.22. The van der Waals surface area contributed by atoms with Gasteiger partial charge in [0.25, 0.3) is 5.91 Å². The normalized spacial score (nSPS) is 30.0. The smallest absolute Gasteiger partial charge is 0.312 e. The van der Waals surface area contributed by atoms with Crippen LogP contribution in [0.25, 0.3) is 10.8 Å². The molecule has 2 aromatic rings. The lowest BCUT2D eigenvalue weighted by Crippen LogP contribution is -2.56. The molecule has 5 atom stereocenters. The van der Waals surface area contributed by atoms with Gasteiger partial charge in [-0.25, -0.2) is 0 Å². The minimum atomic E-state index is -1.16. The van der Waals surface area contributed by atoms with Gasteiger partial charge in [-0.05, 0) is 49.1 Å². The number of anilines is 1. The van der Waals surface area contributed by atoms with Crippen LogP contribution in [-0.2, 0) is 23.9 Å². The third kappa shape index (κ3) is 3.68. The van der Waals surface area contributed by atoms with E-state index >= 15 is 0 Å². The molecule has 0 aliphatic carbocycles. The molecule has 1 N–H and O–H groups in total. The predicted molar refractivity (Wildman–Crippen MR) is 139 cm³/mol. The number of fused-ring (bicyclic) bond motifs is 2. The number of amides is 2. The Labute approximate surface area is 216 Å². The summed E-state index contributed by atoms with van der Waals surface area (Å²) in [5, 5.41) is 11.9. The van der Waals surface area contributed by atoms with Crippen LogP contribution >= 0.6 is 0 Å². The molecule has 3 fully saturated rings. The van der Waals surface area contributed by atoms with Gasteiger partial charge >= 0.3 is 5.97 Å². The quantitative estimate of drug-likeness (QED) is 0.415. The van der Waals surface area contributed by atoms with Crippen LogP contribution in [-0.4, -0.2) is 71.3 Å². The fourth-order valence-electron chi connectivity index (χ4n) is 6.88. The largest absolute Gasteiger partial charge is 0.466 e. The summed E-state index contributed by atoms with van der Waals surface area (Å²) >= 11 is 0. The molecule has 2 bridgehead atoms. The fraction of sp³-hybridized carbons (Fsp3) is 0.483. The zero-order valence-electron chi connectivity index (χ0n) is 21.4. The van der Waals surface area contributed by atoms with Gasteiger partial charge in [0.05, 0.1) is 24.7 Å². The van der Waals surface area contributed by atoms with Crippen LogP contribution in [0, 0.1) is 11.8 Å². The predicted octanol–water partition coefficient (Wildman–Crippen LogP) is 3.07. The molecule has 0 radical (unpaired) electrons. The molecule has 0 saturated carbocycles. The summed E-state index contributed by atoms with van der Waals surface area (Å²) in [4.78, 5) is 44.5. The molecule has 3 aliphatic rings. The van der Waals surface area contributed by atoms with Gasteiger partial charge in [0, 0.05) is 18.8 Å². The van der Waals surface area contributed by atoms with Crippen molar-refractivity contribution >= 4 is 34.2 Å². The Hall–Kier alpha value is -3.23. The number of β-amino-alcohol motifs (C(OH)–C–C–N with tert-alkyl or cyclic N) is 1. The Morgan fingerprint density at radius 2 is 1.97 bits per heavy atom. The Balaban J connectivity index is 1.60. The first kappa shape index (κ1) is 25.4. The van der Waals surface area contributed by atoms with Gasteiger partial charge < -0.3 is 24.4 Å². The van der Waals surface area contributed by atoms with Crippen molar-refractivity contribution in [3.05, 3.63) is 55.1 Å². The van der Waals surface area contributed by atoms with Crippen LogP contribution in [0.1, 0.15) is 33.1 Å². The minimum Gasteiger partial charge on any atom is -0.466 e. The molecule has 2 aromatic carbocycles. The van der Waals surface area contributed by atoms with Crippen molar-refractivity contribution in [3.8, 4) is 0 Å². The van der Waals surface area contributed by atoms with Crippen molar-refractivity contribution in [3.63, 3.8) is 0 Å². The molecule has 1 spiro atoms. The van der Waals surface area contributed by atoms with E-state index in [2.05, 4.69) is 6.58 Å². The number of nitrogens with zero attached hydrogens (tertiary/aromatic N) is 2. The molecule has 2 amide bonds. The first-order valence-corrected chi connectivity index (χ1v) is 13.1. The number of carbonyl (C=O) groups is 3. The molecule has 0 aromatic heterocycles. The van der Waals surface area contributed by atoms with Crippen molar-refractivity contribution in [2.24, 2.45) is 11.8 Å². The van der Waals surface area contributed by atoms with E-state index in [1.54, 1.807) is 17.9 Å². The highest BCUT2D eigenvalue weighted by atomic mass is 16.6. The highest BCUT2D eigenvalue weighted by Crippen LogP contribution is 2.64. The van der Waals surface area contributed by atoms with E-state index in [9.17, 15) is 19.5 Å². The minimum absolute atomic E-state index is 0.0226. The van der Waals surface area contributed by atoms with E-state index in [0.29, 0.717) is 24.9 Å². The van der Waals surface area contributed by atoms with E-state index in [1.807, 2.05) is 49.4 Å². The number of benzene rings is 2. The number of likely N-dealkylation sites (tertiary alicyclic amines) is 1. The van der Waals surface area contributed by atoms with Gasteiger partial charge in [0.1, 0.15) is 17.6 Å². The van der Waals surface area contributed by atoms with Crippen molar-refractivity contribution in [2.45, 2.75) is 50.4 Å². The number of carbonyl (C=O) groups excluding carboxylic acids is 3. The lowest BCUT2D eigenvalue weighted by molar-refractivity contribution is -0.160. The van der Waals surface area contributed by atoms with E-state index in [4.69, 9.17) is 9.47 Å². The van der Waals surface area contributed by atoms with Gasteiger partial charge in [0.15, 0.2) is 0 Å². The number of aliphatic hydroxyl groups is 1. The second-order valence-corrected chi connectivity index (χ2v) is 10.1. The molecular weight excluding hydrogens is 472 g/mol. The van der Waals surface area contributed by atoms with Crippen LogP contribution in [0.5, 0.6) is 0 Å². The third-order valence-corrected chi connectivity index (χ3v) is 8.42. The molecule has 2 unspecified atom stereocenters. The molecule has 8 nitrogen and oxygen atoms in total. The molecule has 37 heavy (non-hydrogen) atoms. The maximum absolute atomic E-state index is 14.4. The summed E-state index contributed by atoms with van der Waals surface area (Å²) in [7, 11) is 0. The van der Waals surface area contributed by atoms with Crippen LogP contribution in [0.4, 0.5) is 5.69 Å². The first-order chi connectivity index (χ1) is 17.9. The molecule has 196 valence electrons.